The van der Waals surface area contributed by atoms with Crippen molar-refractivity contribution in [3.8, 4) is 0 Å². The first-order chi connectivity index (χ1) is 25.5. The number of carboxylic acids is 1. The molecular weight excluding hydrogens is 681 g/mol. The third-order valence-electron chi connectivity index (χ3n) is 12.0. The molecule has 2 amide bonds. The summed E-state index contributed by atoms with van der Waals surface area (Å²) < 4.78 is 0. The Hall–Kier alpha value is -5.38. The summed E-state index contributed by atoms with van der Waals surface area (Å²) in [4.78, 5) is 55.3. The molecule has 9 nitrogen and oxygen atoms in total. The van der Waals surface area contributed by atoms with Crippen molar-refractivity contribution in [2.45, 2.75) is 53.2 Å². The predicted octanol–water partition coefficient (Wildman–Crippen LogP) is 7.05. The second-order valence-corrected chi connectivity index (χ2v) is 16.2. The fourth-order valence-corrected chi connectivity index (χ4v) is 9.28. The molecule has 3 aromatic rings. The van der Waals surface area contributed by atoms with Crippen molar-refractivity contribution in [2.75, 3.05) is 26.2 Å². The fraction of sp³-hybridized carbons (Fsp3) is 0.333. The number of benzene rings is 3. The highest BCUT2D eigenvalue weighted by molar-refractivity contribution is 6.07. The van der Waals surface area contributed by atoms with Crippen molar-refractivity contribution in [2.24, 2.45) is 16.2 Å². The SMILES string of the molecule is CC(=O)c1ccc(C2=CC[C@]3(C)CN(C(=O)c4ccccc4C(=O)N4CC=C5C(C)(C)C(c6ccc(C(=O)O)cc6)=CC[C@]5(C)C4)CC=C3C2(O)O)cc1. The van der Waals surface area contributed by atoms with Crippen molar-refractivity contribution in [1.82, 2.24) is 9.80 Å². The van der Waals surface area contributed by atoms with Crippen LogP contribution in [-0.2, 0) is 0 Å². The van der Waals surface area contributed by atoms with Crippen LogP contribution in [0.15, 0.2) is 108 Å². The molecule has 2 heterocycles. The monoisotopic (exact) mass is 726 g/mol. The predicted molar refractivity (Wildman–Crippen MR) is 207 cm³/mol. The van der Waals surface area contributed by atoms with Crippen LogP contribution in [0.25, 0.3) is 11.1 Å². The van der Waals surface area contributed by atoms with E-state index in [2.05, 4.69) is 32.9 Å². The van der Waals surface area contributed by atoms with Crippen molar-refractivity contribution >= 4 is 34.7 Å². The summed E-state index contributed by atoms with van der Waals surface area (Å²) in [5, 5.41) is 32.4. The Morgan fingerprint density at radius 3 is 1.54 bits per heavy atom. The molecule has 2 aliphatic heterocycles. The number of hydrogen-bond acceptors (Lipinski definition) is 6. The number of carbonyl (C=O) groups is 4. The molecule has 2 atom stereocenters. The summed E-state index contributed by atoms with van der Waals surface area (Å²) in [6.07, 6.45) is 9.01. The number of amides is 2. The van der Waals surface area contributed by atoms with E-state index in [-0.39, 0.29) is 47.1 Å². The summed E-state index contributed by atoms with van der Waals surface area (Å²) in [5.74, 6) is -3.83. The first-order valence-electron chi connectivity index (χ1n) is 18.4. The van der Waals surface area contributed by atoms with Crippen LogP contribution in [0.4, 0.5) is 0 Å². The normalized spacial score (nSPS) is 24.2. The Morgan fingerprint density at radius 1 is 0.593 bits per heavy atom. The van der Waals surface area contributed by atoms with E-state index in [1.165, 1.54) is 12.5 Å². The summed E-state index contributed by atoms with van der Waals surface area (Å²) >= 11 is 0. The van der Waals surface area contributed by atoms with Crippen LogP contribution < -0.4 is 0 Å². The average Bonchev–Trinajstić information content (AvgIpc) is 3.13. The largest absolute Gasteiger partial charge is 0.478 e. The van der Waals surface area contributed by atoms with Gasteiger partial charge in [-0.25, -0.2) is 4.79 Å². The number of rotatable bonds is 6. The van der Waals surface area contributed by atoms with E-state index in [1.54, 1.807) is 77.7 Å². The lowest BCUT2D eigenvalue weighted by Gasteiger charge is -2.50. The number of hydrogen-bond donors (Lipinski definition) is 3. The molecule has 0 aromatic heterocycles. The van der Waals surface area contributed by atoms with Gasteiger partial charge in [-0.05, 0) is 66.3 Å². The number of aliphatic hydroxyl groups is 2. The average molecular weight is 727 g/mol. The maximum Gasteiger partial charge on any atom is 0.335 e. The van der Waals surface area contributed by atoms with Crippen LogP contribution in [0.1, 0.15) is 100 Å². The molecule has 0 spiro atoms. The van der Waals surface area contributed by atoms with Crippen LogP contribution in [-0.4, -0.2) is 80.7 Å². The van der Waals surface area contributed by atoms with E-state index in [4.69, 9.17) is 0 Å². The zero-order valence-electron chi connectivity index (χ0n) is 31.3. The van der Waals surface area contributed by atoms with Crippen molar-refractivity contribution < 1.29 is 34.5 Å². The molecule has 9 heteroatoms. The van der Waals surface area contributed by atoms with Crippen LogP contribution in [0.3, 0.4) is 0 Å². The smallest absolute Gasteiger partial charge is 0.335 e. The fourth-order valence-electron chi connectivity index (χ4n) is 9.28. The Morgan fingerprint density at radius 2 is 1.04 bits per heavy atom. The van der Waals surface area contributed by atoms with Crippen LogP contribution >= 0.6 is 0 Å². The number of carbonyl (C=O) groups excluding carboxylic acids is 3. The second-order valence-electron chi connectivity index (χ2n) is 16.2. The van der Waals surface area contributed by atoms with Gasteiger partial charge < -0.3 is 25.1 Å². The molecular formula is C45H46N2O7. The maximum atomic E-state index is 14.3. The lowest BCUT2D eigenvalue weighted by molar-refractivity contribution is -0.0956. The summed E-state index contributed by atoms with van der Waals surface area (Å²) in [5.41, 5.74) is 4.64. The number of fused-ring (bicyclic) bond motifs is 2. The molecule has 0 fully saturated rings. The summed E-state index contributed by atoms with van der Waals surface area (Å²) in [7, 11) is 0. The first kappa shape index (κ1) is 37.0. The highest BCUT2D eigenvalue weighted by Gasteiger charge is 2.50. The number of aromatic carboxylic acids is 1. The van der Waals surface area contributed by atoms with Crippen LogP contribution in [0.5, 0.6) is 0 Å². The molecule has 0 unspecified atom stereocenters. The van der Waals surface area contributed by atoms with Gasteiger partial charge in [0.25, 0.3) is 11.8 Å². The maximum absolute atomic E-state index is 14.3. The van der Waals surface area contributed by atoms with E-state index >= 15 is 0 Å². The van der Waals surface area contributed by atoms with Gasteiger partial charge in [0.05, 0.1) is 16.7 Å². The molecule has 0 bridgehead atoms. The topological polar surface area (TPSA) is 135 Å². The van der Waals surface area contributed by atoms with Gasteiger partial charge in [0.15, 0.2) is 5.78 Å². The molecule has 278 valence electrons. The molecule has 0 radical (unpaired) electrons. The van der Waals surface area contributed by atoms with E-state index in [9.17, 15) is 34.5 Å². The third-order valence-corrected chi connectivity index (χ3v) is 12.0. The molecule has 2 aliphatic carbocycles. The molecule has 7 rings (SSSR count). The third kappa shape index (κ3) is 6.15. The van der Waals surface area contributed by atoms with Gasteiger partial charge in [-0.3, -0.25) is 14.4 Å². The highest BCUT2D eigenvalue weighted by Crippen LogP contribution is 2.55. The van der Waals surface area contributed by atoms with Gasteiger partial charge in [0.2, 0.25) is 5.79 Å². The molecule has 3 aromatic carbocycles. The lowest BCUT2D eigenvalue weighted by atomic mass is 9.58. The lowest BCUT2D eigenvalue weighted by Crippen LogP contribution is -2.52. The molecule has 4 aliphatic rings. The zero-order valence-corrected chi connectivity index (χ0v) is 31.3. The summed E-state index contributed by atoms with van der Waals surface area (Å²) in [6, 6.07) is 20.7. The molecule has 0 saturated heterocycles. The molecule has 3 N–H and O–H groups in total. The van der Waals surface area contributed by atoms with E-state index in [0.29, 0.717) is 59.3 Å². The van der Waals surface area contributed by atoms with E-state index in [0.717, 1.165) is 11.1 Å². The minimum Gasteiger partial charge on any atom is -0.478 e. The zero-order chi connectivity index (χ0) is 38.8. The van der Waals surface area contributed by atoms with Gasteiger partial charge in [-0.15, -0.1) is 0 Å². The number of Topliss-reactive ketones (excluding diaryl/α,β-unsaturated/α-hetero) is 1. The second kappa shape index (κ2) is 13.2. The first-order valence-corrected chi connectivity index (χ1v) is 18.4. The van der Waals surface area contributed by atoms with Gasteiger partial charge in [0.1, 0.15) is 0 Å². The van der Waals surface area contributed by atoms with Crippen molar-refractivity contribution in [1.29, 1.82) is 0 Å². The Labute approximate surface area is 315 Å². The molecule has 54 heavy (non-hydrogen) atoms. The number of ketones is 1. The Kier molecular flexibility index (Phi) is 9.02. The quantitative estimate of drug-likeness (QED) is 0.141. The molecule has 0 saturated carbocycles. The van der Waals surface area contributed by atoms with E-state index in [1.807, 2.05) is 24.0 Å². The summed E-state index contributed by atoms with van der Waals surface area (Å²) in [6.45, 7) is 11.1. The number of carboxylic acid groups (broad SMARTS) is 1. The number of nitrogens with zero attached hydrogens (tertiary/aromatic N) is 2. The van der Waals surface area contributed by atoms with Gasteiger partial charge in [-0.1, -0.05) is 106 Å². The Balaban J connectivity index is 1.10. The highest BCUT2D eigenvalue weighted by atomic mass is 16.5. The van der Waals surface area contributed by atoms with E-state index < -0.39 is 17.2 Å². The van der Waals surface area contributed by atoms with Crippen molar-refractivity contribution in [3.63, 3.8) is 0 Å². The minimum atomic E-state index is -2.26. The minimum absolute atomic E-state index is 0.0743. The van der Waals surface area contributed by atoms with Crippen molar-refractivity contribution in [3.05, 3.63) is 142 Å². The van der Waals surface area contributed by atoms with Gasteiger partial charge in [-0.2, -0.15) is 0 Å². The standard InChI is InChI=1S/C45H46N2O7/c1-28(48)29-10-12-31(13-11-29)36-19-23-44(5)27-47(25-21-38(44)45(36,53)54)40(50)34-9-7-6-8-33(34)39(49)46-24-20-37-42(2,3)35(18-22-43(37,4)26-46)30-14-16-32(17-15-30)41(51)52/h6-21,53-54H,22-27H2,1-5H3,(H,51,52)/t43-,44-/m1/s1. The van der Waals surface area contributed by atoms with Gasteiger partial charge in [0, 0.05) is 53.6 Å². The van der Waals surface area contributed by atoms with Gasteiger partial charge >= 0.3 is 5.97 Å². The van der Waals surface area contributed by atoms with Crippen LogP contribution in [0, 0.1) is 16.2 Å². The van der Waals surface area contributed by atoms with Crippen LogP contribution in [0.2, 0.25) is 0 Å². The number of allylic oxidation sites excluding steroid dienone is 3. The Bertz CT molecular complexity index is 2050.